The van der Waals surface area contributed by atoms with Crippen molar-refractivity contribution in [2.45, 2.75) is 36.5 Å². The van der Waals surface area contributed by atoms with E-state index in [1.54, 1.807) is 18.0 Å². The molecule has 0 bridgehead atoms. The number of aromatic nitrogens is 4. The normalized spacial score (nSPS) is 12.0. The van der Waals surface area contributed by atoms with Gasteiger partial charge in [-0.2, -0.15) is 0 Å². The lowest BCUT2D eigenvalue weighted by Gasteiger charge is -2.16. The average molecular weight is 414 g/mol. The summed E-state index contributed by atoms with van der Waals surface area (Å²) in [6.45, 7) is 4.27. The first-order chi connectivity index (χ1) is 13.6. The van der Waals surface area contributed by atoms with Gasteiger partial charge in [0.25, 0.3) is 0 Å². The average Bonchev–Trinajstić information content (AvgIpc) is 3.17. The predicted molar refractivity (Wildman–Crippen MR) is 116 cm³/mol. The first kappa shape index (κ1) is 20.4. The second-order valence-corrected chi connectivity index (χ2v) is 7.99. The van der Waals surface area contributed by atoms with Crippen LogP contribution >= 0.6 is 23.5 Å². The van der Waals surface area contributed by atoms with Crippen LogP contribution in [-0.2, 0) is 4.79 Å². The van der Waals surface area contributed by atoms with Crippen LogP contribution in [0.25, 0.3) is 11.4 Å². The Hall–Kier alpha value is -2.32. The van der Waals surface area contributed by atoms with E-state index in [0.717, 1.165) is 28.0 Å². The Morgan fingerprint density at radius 2 is 1.96 bits per heavy atom. The van der Waals surface area contributed by atoms with E-state index in [0.29, 0.717) is 5.69 Å². The van der Waals surface area contributed by atoms with E-state index < -0.39 is 0 Å². The molecule has 8 heteroatoms. The number of hydrogen-bond acceptors (Lipinski definition) is 6. The summed E-state index contributed by atoms with van der Waals surface area (Å²) in [4.78, 5) is 16.6. The Morgan fingerprint density at radius 3 is 2.61 bits per heavy atom. The number of benzene rings is 1. The molecule has 2 heterocycles. The van der Waals surface area contributed by atoms with E-state index >= 15 is 0 Å². The molecular formula is C20H23N5OS2. The molecule has 3 aromatic rings. The zero-order chi connectivity index (χ0) is 19.9. The fourth-order valence-corrected chi connectivity index (χ4v) is 3.84. The molecule has 1 amide bonds. The smallest absolute Gasteiger partial charge is 0.234 e. The van der Waals surface area contributed by atoms with Gasteiger partial charge >= 0.3 is 0 Å². The number of carbonyl (C=O) groups excluding carboxylic acids is 1. The van der Waals surface area contributed by atoms with Crippen molar-refractivity contribution in [3.8, 4) is 11.4 Å². The lowest BCUT2D eigenvalue weighted by Crippen LogP contribution is -2.15. The minimum Gasteiger partial charge on any atom is -0.324 e. The van der Waals surface area contributed by atoms with Crippen molar-refractivity contribution < 1.29 is 4.79 Å². The fraction of sp³-hybridized carbons (Fsp3) is 0.300. The summed E-state index contributed by atoms with van der Waals surface area (Å²) in [7, 11) is 0. The highest BCUT2D eigenvalue weighted by atomic mass is 32.2. The fourth-order valence-electron chi connectivity index (χ4n) is 2.64. The zero-order valence-electron chi connectivity index (χ0n) is 16.1. The van der Waals surface area contributed by atoms with Gasteiger partial charge in [0.1, 0.15) is 0 Å². The number of carbonyl (C=O) groups is 1. The van der Waals surface area contributed by atoms with Gasteiger partial charge in [-0.3, -0.25) is 9.36 Å². The van der Waals surface area contributed by atoms with Crippen LogP contribution in [0.2, 0.25) is 0 Å². The van der Waals surface area contributed by atoms with Crippen molar-refractivity contribution in [3.05, 3.63) is 48.7 Å². The molecule has 0 fully saturated rings. The highest BCUT2D eigenvalue weighted by Gasteiger charge is 2.19. The maximum absolute atomic E-state index is 12.3. The summed E-state index contributed by atoms with van der Waals surface area (Å²) in [6.07, 6.45) is 4.59. The van der Waals surface area contributed by atoms with Gasteiger partial charge in [0.15, 0.2) is 11.0 Å². The van der Waals surface area contributed by atoms with Crippen LogP contribution in [-0.4, -0.2) is 37.7 Å². The van der Waals surface area contributed by atoms with Gasteiger partial charge in [-0.05, 0) is 31.7 Å². The highest BCUT2D eigenvalue weighted by Crippen LogP contribution is 2.29. The van der Waals surface area contributed by atoms with Crippen molar-refractivity contribution in [2.24, 2.45) is 0 Å². The van der Waals surface area contributed by atoms with Crippen LogP contribution in [0.4, 0.5) is 5.69 Å². The van der Waals surface area contributed by atoms with E-state index in [9.17, 15) is 4.79 Å². The number of hydrogen-bond donors (Lipinski definition) is 1. The van der Waals surface area contributed by atoms with Crippen molar-refractivity contribution >= 4 is 35.1 Å². The molecule has 0 radical (unpaired) electrons. The molecule has 0 aliphatic heterocycles. The molecule has 1 N–H and O–H groups in total. The molecule has 146 valence electrons. The van der Waals surface area contributed by atoms with Crippen molar-refractivity contribution in [1.29, 1.82) is 0 Å². The first-order valence-corrected chi connectivity index (χ1v) is 11.3. The number of anilines is 1. The van der Waals surface area contributed by atoms with Crippen LogP contribution in [0, 0.1) is 0 Å². The Kier molecular flexibility index (Phi) is 7.11. The molecule has 0 aliphatic carbocycles. The van der Waals surface area contributed by atoms with E-state index in [2.05, 4.69) is 38.9 Å². The van der Waals surface area contributed by atoms with Crippen molar-refractivity contribution in [2.75, 3.05) is 17.3 Å². The van der Waals surface area contributed by atoms with Gasteiger partial charge in [-0.1, -0.05) is 49.0 Å². The van der Waals surface area contributed by atoms with Gasteiger partial charge in [-0.15, -0.1) is 22.0 Å². The topological polar surface area (TPSA) is 72.7 Å². The molecule has 0 saturated carbocycles. The first-order valence-electron chi connectivity index (χ1n) is 9.05. The van der Waals surface area contributed by atoms with Crippen molar-refractivity contribution in [1.82, 2.24) is 19.7 Å². The summed E-state index contributed by atoms with van der Waals surface area (Å²) in [5, 5.41) is 13.3. The van der Waals surface area contributed by atoms with Crippen LogP contribution in [0.3, 0.4) is 0 Å². The second kappa shape index (κ2) is 9.75. The van der Waals surface area contributed by atoms with Gasteiger partial charge < -0.3 is 5.32 Å². The standard InChI is InChI=1S/C20H23N5OS2/c1-4-14(2)25-19(15-8-6-5-7-9-15)23-24-20(25)28-13-17(26)22-16-10-11-18(27-3)21-12-16/h5-12,14H,4,13H2,1-3H3,(H,22,26). The molecule has 1 unspecified atom stereocenters. The highest BCUT2D eigenvalue weighted by molar-refractivity contribution is 7.99. The van der Waals surface area contributed by atoms with Crippen molar-refractivity contribution in [3.63, 3.8) is 0 Å². The molecule has 3 rings (SSSR count). The van der Waals surface area contributed by atoms with Crippen LogP contribution in [0.1, 0.15) is 26.3 Å². The maximum atomic E-state index is 12.3. The largest absolute Gasteiger partial charge is 0.324 e. The number of pyridine rings is 1. The quantitative estimate of drug-likeness (QED) is 0.537. The SMILES string of the molecule is CCC(C)n1c(SCC(=O)Nc2ccc(SC)nc2)nnc1-c1ccccc1. The molecular weight excluding hydrogens is 390 g/mol. The lowest BCUT2D eigenvalue weighted by atomic mass is 10.2. The third-order valence-corrected chi connectivity index (χ3v) is 5.89. The maximum Gasteiger partial charge on any atom is 0.234 e. The molecule has 28 heavy (non-hydrogen) atoms. The van der Waals surface area contributed by atoms with Crippen LogP contribution in [0.5, 0.6) is 0 Å². The Bertz CT molecular complexity index is 912. The summed E-state index contributed by atoms with van der Waals surface area (Å²) in [5.41, 5.74) is 1.71. The third kappa shape index (κ3) is 4.94. The molecule has 1 aromatic carbocycles. The third-order valence-electron chi connectivity index (χ3n) is 4.29. The lowest BCUT2D eigenvalue weighted by molar-refractivity contribution is -0.113. The number of nitrogens with zero attached hydrogens (tertiary/aromatic N) is 4. The molecule has 0 saturated heterocycles. The van der Waals surface area contributed by atoms with Gasteiger partial charge in [0.2, 0.25) is 5.91 Å². The molecule has 0 aliphatic rings. The van der Waals surface area contributed by atoms with Gasteiger partial charge in [0.05, 0.1) is 22.7 Å². The molecule has 0 spiro atoms. The summed E-state index contributed by atoms with van der Waals surface area (Å²) in [6, 6.07) is 14.0. The van der Waals surface area contributed by atoms with E-state index in [-0.39, 0.29) is 17.7 Å². The summed E-state index contributed by atoms with van der Waals surface area (Å²) >= 11 is 2.96. The Balaban J connectivity index is 1.71. The van der Waals surface area contributed by atoms with Crippen LogP contribution in [0.15, 0.2) is 58.8 Å². The minimum absolute atomic E-state index is 0.0938. The number of nitrogens with one attached hydrogen (secondary N) is 1. The second-order valence-electron chi connectivity index (χ2n) is 6.23. The van der Waals surface area contributed by atoms with Crippen LogP contribution < -0.4 is 5.32 Å². The Labute approximate surface area is 173 Å². The van der Waals surface area contributed by atoms with E-state index in [1.165, 1.54) is 11.8 Å². The van der Waals surface area contributed by atoms with Gasteiger partial charge in [0, 0.05) is 11.6 Å². The molecule has 2 aromatic heterocycles. The summed E-state index contributed by atoms with van der Waals surface area (Å²) < 4.78 is 2.11. The van der Waals surface area contributed by atoms with E-state index in [1.807, 2.05) is 48.7 Å². The number of rotatable bonds is 8. The van der Waals surface area contributed by atoms with Gasteiger partial charge in [-0.25, -0.2) is 4.98 Å². The zero-order valence-corrected chi connectivity index (χ0v) is 17.8. The number of thioether (sulfide) groups is 2. The monoisotopic (exact) mass is 413 g/mol. The molecule has 1 atom stereocenters. The van der Waals surface area contributed by atoms with E-state index in [4.69, 9.17) is 0 Å². The number of amides is 1. The summed E-state index contributed by atoms with van der Waals surface area (Å²) in [5.74, 6) is 0.992. The predicted octanol–water partition coefficient (Wildman–Crippen LogP) is 4.76. The molecule has 6 nitrogen and oxygen atoms in total. The minimum atomic E-state index is -0.0938. The Morgan fingerprint density at radius 1 is 1.18 bits per heavy atom.